The summed E-state index contributed by atoms with van der Waals surface area (Å²) in [6.07, 6.45) is -2.40. The maximum atomic E-state index is 15.5. The first-order valence-electron chi connectivity index (χ1n) is 21.7. The van der Waals surface area contributed by atoms with Crippen LogP contribution in [-0.2, 0) is 41.4 Å². The van der Waals surface area contributed by atoms with Crippen molar-refractivity contribution < 1.29 is 22.4 Å². The molecule has 61 heavy (non-hydrogen) atoms. The fraction of sp³-hybridized carbons (Fsp3) is 0.361. The van der Waals surface area contributed by atoms with Crippen molar-refractivity contribution in [1.82, 2.24) is 19.4 Å². The number of likely N-dealkylation sites (N-methyl/N-ethyl adjacent to an activating group) is 1. The third-order valence-corrected chi connectivity index (χ3v) is 15.3. The van der Waals surface area contributed by atoms with E-state index < -0.39 is 17.1 Å². The standard InChI is InChI=1S/C36H52B14F4N4O2S/c1-3-56(4-2)8-9-57(10-13-19(37)23(41)16(24(42)20(13)38)17-25(43)27(45)18(36(52,53)54)28(46)26(17)44)33(60)35(49,50)58-15-7-5-6-12(15)32(59)55-34(58)61-11-14-21(39)29(47)31(51)30(48)22(14)40/h3-11,37-50H2,1-2H3. The highest BCUT2D eigenvalue weighted by atomic mass is 32.2. The molecule has 1 amide bonds. The van der Waals surface area contributed by atoms with Crippen molar-refractivity contribution in [3.05, 3.63) is 44.1 Å². The number of thioether (sulfide) groups is 1. The van der Waals surface area contributed by atoms with E-state index in [2.05, 4.69) is 39.4 Å². The van der Waals surface area contributed by atoms with Gasteiger partial charge in [0.2, 0.25) is 5.91 Å². The molecule has 4 aromatic rings. The molecule has 6 nitrogen and oxygen atoms in total. The van der Waals surface area contributed by atoms with Gasteiger partial charge in [-0.1, -0.05) is 96.7 Å². The van der Waals surface area contributed by atoms with Gasteiger partial charge in [0.15, 0.2) is 5.16 Å². The minimum absolute atomic E-state index is 0.0965. The smallest absolute Gasteiger partial charge is 0.336 e. The highest BCUT2D eigenvalue weighted by Gasteiger charge is 2.40. The van der Waals surface area contributed by atoms with Crippen LogP contribution in [0.25, 0.3) is 11.1 Å². The Labute approximate surface area is 376 Å². The molecule has 0 spiro atoms. The third-order valence-electron chi connectivity index (χ3n) is 14.4. The Morgan fingerprint density at radius 2 is 1.18 bits per heavy atom. The zero-order chi connectivity index (χ0) is 45.8. The first-order valence-corrected chi connectivity index (χ1v) is 22.6. The van der Waals surface area contributed by atoms with Crippen LogP contribution in [0.15, 0.2) is 9.95 Å². The number of carbonyl (C=O) groups is 1. The molecule has 0 bridgehead atoms. The highest BCUT2D eigenvalue weighted by Crippen LogP contribution is 2.31. The van der Waals surface area contributed by atoms with Gasteiger partial charge in [0, 0.05) is 42.2 Å². The van der Waals surface area contributed by atoms with E-state index in [0.717, 1.165) is 80.2 Å². The number of hydrogen-bond donors (Lipinski definition) is 0. The summed E-state index contributed by atoms with van der Waals surface area (Å²) < 4.78 is 60.0. The van der Waals surface area contributed by atoms with Gasteiger partial charge in [0.25, 0.3) is 5.56 Å². The van der Waals surface area contributed by atoms with Gasteiger partial charge in [-0.15, -0.1) is 0 Å². The van der Waals surface area contributed by atoms with Crippen LogP contribution < -0.4 is 71.1 Å². The highest BCUT2D eigenvalue weighted by molar-refractivity contribution is 7.98. The van der Waals surface area contributed by atoms with Crippen molar-refractivity contribution in [2.75, 3.05) is 26.2 Å². The molecule has 25 heteroatoms. The van der Waals surface area contributed by atoms with Crippen LogP contribution in [0.3, 0.4) is 0 Å². The molecule has 0 aliphatic heterocycles. The number of amides is 1. The van der Waals surface area contributed by atoms with Crippen molar-refractivity contribution in [1.29, 1.82) is 0 Å². The van der Waals surface area contributed by atoms with Crippen LogP contribution in [0, 0.1) is 5.82 Å². The number of nitrogens with zero attached hydrogens (tertiary/aromatic N) is 4. The lowest BCUT2D eigenvalue weighted by atomic mass is 9.57. The second-order valence-corrected chi connectivity index (χ2v) is 18.8. The van der Waals surface area contributed by atoms with Crippen LogP contribution in [0.2, 0.25) is 0 Å². The van der Waals surface area contributed by atoms with E-state index in [9.17, 15) is 18.0 Å². The number of rotatable bonds is 13. The molecular weight excluding hydrogens is 780 g/mol. The molecule has 1 heterocycles. The van der Waals surface area contributed by atoms with Gasteiger partial charge in [0.05, 0.1) is 5.34 Å². The van der Waals surface area contributed by atoms with Gasteiger partial charge in [-0.2, -0.15) is 18.2 Å². The summed E-state index contributed by atoms with van der Waals surface area (Å²) >= 11 is 1.42. The first-order chi connectivity index (χ1) is 28.3. The Balaban J connectivity index is 1.65. The van der Waals surface area contributed by atoms with Crippen molar-refractivity contribution in [2.45, 2.75) is 62.1 Å². The summed E-state index contributed by atoms with van der Waals surface area (Å²) in [5.41, 5.74) is 13.2. The fourth-order valence-electron chi connectivity index (χ4n) is 9.74. The second kappa shape index (κ2) is 18.6. The molecule has 0 saturated carbocycles. The summed E-state index contributed by atoms with van der Waals surface area (Å²) in [7, 11) is 26.2. The number of carbonyl (C=O) groups excluding carboxylic acids is 1. The number of benzene rings is 3. The maximum absolute atomic E-state index is 15.5. The zero-order valence-electron chi connectivity index (χ0n) is 39.4. The Morgan fingerprint density at radius 1 is 0.705 bits per heavy atom. The molecular formula is C36H52B14F4N4O2S. The third kappa shape index (κ3) is 8.91. The average molecular weight is 832 g/mol. The van der Waals surface area contributed by atoms with Crippen LogP contribution in [0.5, 0.6) is 0 Å². The Morgan fingerprint density at radius 3 is 1.66 bits per heavy atom. The molecule has 0 radical (unpaired) electrons. The molecule has 5 rings (SSSR count). The molecule has 0 atom stereocenters. The summed E-state index contributed by atoms with van der Waals surface area (Å²) in [6, 6.07) is 0. The van der Waals surface area contributed by atoms with Crippen LogP contribution in [0.1, 0.15) is 48.2 Å². The second-order valence-electron chi connectivity index (χ2n) is 17.8. The molecule has 1 aliphatic rings. The molecule has 1 aromatic heterocycles. The van der Waals surface area contributed by atoms with Gasteiger partial charge in [-0.25, -0.2) is 4.39 Å². The van der Waals surface area contributed by atoms with E-state index in [1.165, 1.54) is 11.8 Å². The largest absolute Gasteiger partial charge is 0.415 e. The molecule has 0 saturated heterocycles. The zero-order valence-corrected chi connectivity index (χ0v) is 40.2. The summed E-state index contributed by atoms with van der Waals surface area (Å²) in [6.45, 7) is 7.34. The predicted molar refractivity (Wildman–Crippen MR) is 290 cm³/mol. The topological polar surface area (TPSA) is 58.4 Å². The van der Waals surface area contributed by atoms with Gasteiger partial charge in [-0.05, 0) is 49.0 Å². The van der Waals surface area contributed by atoms with Crippen LogP contribution in [-0.4, -0.2) is 161 Å². The van der Waals surface area contributed by atoms with E-state index in [1.807, 2.05) is 56.5 Å². The minimum atomic E-state index is -4.46. The van der Waals surface area contributed by atoms with E-state index in [4.69, 9.17) is 0 Å². The lowest BCUT2D eigenvalue weighted by Crippen LogP contribution is -2.56. The predicted octanol–water partition coefficient (Wildman–Crippen LogP) is -15.8. The lowest BCUT2D eigenvalue weighted by Gasteiger charge is -2.38. The molecule has 1 aliphatic carbocycles. The molecule has 0 N–H and O–H groups in total. The Hall–Kier alpha value is -3.05. The number of aromatic nitrogens is 2. The average Bonchev–Trinajstić information content (AvgIpc) is 3.70. The number of hydrogen-bond acceptors (Lipinski definition) is 5. The molecule has 304 valence electrons. The van der Waals surface area contributed by atoms with Crippen molar-refractivity contribution in [3.63, 3.8) is 0 Å². The fourth-order valence-corrected chi connectivity index (χ4v) is 11.1. The first kappa shape index (κ1) is 49.0. The maximum Gasteiger partial charge on any atom is 0.415 e. The van der Waals surface area contributed by atoms with E-state index in [-0.39, 0.29) is 28.2 Å². The van der Waals surface area contributed by atoms with Crippen molar-refractivity contribution in [3.8, 4) is 11.1 Å². The van der Waals surface area contributed by atoms with Crippen molar-refractivity contribution >= 4 is 193 Å². The van der Waals surface area contributed by atoms with Gasteiger partial charge < -0.3 is 14.4 Å². The normalized spacial score (nSPS) is 12.9. The van der Waals surface area contributed by atoms with E-state index in [1.54, 1.807) is 47.1 Å². The van der Waals surface area contributed by atoms with Gasteiger partial charge in [0.1, 0.15) is 116 Å². The number of halogens is 4. The molecule has 0 unspecified atom stereocenters. The van der Waals surface area contributed by atoms with E-state index in [0.29, 0.717) is 70.8 Å². The van der Waals surface area contributed by atoms with Crippen molar-refractivity contribution in [2.24, 2.45) is 0 Å². The van der Waals surface area contributed by atoms with Crippen LogP contribution >= 0.6 is 11.8 Å². The summed E-state index contributed by atoms with van der Waals surface area (Å²) in [4.78, 5) is 38.0. The number of fused-ring (bicyclic) bond motifs is 1. The molecule has 3 aromatic carbocycles. The SMILES string of the molecule is Bc1c(B)c(CSc2nc(=O)c3c(n2C(B)(B)C(=O)N(CCN(CC)CC)Cc2c(B)c(B)c(-c4c(B)c(B)c(C(F)(F)F)c(B)c4B)c(B)c2B)CCC3)c(B)c(B)c1F. The summed E-state index contributed by atoms with van der Waals surface area (Å²) in [5, 5.41) is -0.670. The Bertz CT molecular complexity index is 2420. The van der Waals surface area contributed by atoms with E-state index >= 15 is 9.18 Å². The van der Waals surface area contributed by atoms with Crippen LogP contribution in [0.4, 0.5) is 17.6 Å². The Kier molecular flexibility index (Phi) is 14.9. The lowest BCUT2D eigenvalue weighted by molar-refractivity contribution is -0.136. The molecule has 0 fully saturated rings. The summed E-state index contributed by atoms with van der Waals surface area (Å²) in [5.74, 6) is 0.162. The minimum Gasteiger partial charge on any atom is -0.336 e. The monoisotopic (exact) mass is 835 g/mol. The van der Waals surface area contributed by atoms with Gasteiger partial charge >= 0.3 is 6.18 Å². The number of alkyl halides is 3. The van der Waals surface area contributed by atoms with Gasteiger partial charge in [-0.3, -0.25) is 9.59 Å². The quantitative estimate of drug-likeness (QED) is 0.0581.